The van der Waals surface area contributed by atoms with Crippen molar-refractivity contribution in [2.75, 3.05) is 6.79 Å². The lowest BCUT2D eigenvalue weighted by Crippen LogP contribution is -2.22. The smallest absolute Gasteiger partial charge is 0.344 e. The van der Waals surface area contributed by atoms with Gasteiger partial charge in [-0.25, -0.2) is 4.79 Å². The minimum atomic E-state index is -1.02. The van der Waals surface area contributed by atoms with Crippen LogP contribution in [-0.2, 0) is 11.3 Å². The fourth-order valence-corrected chi connectivity index (χ4v) is 3.21. The van der Waals surface area contributed by atoms with E-state index in [1.165, 1.54) is 6.92 Å². The summed E-state index contributed by atoms with van der Waals surface area (Å²) in [6.45, 7) is 2.14. The third-order valence-electron chi connectivity index (χ3n) is 4.83. The van der Waals surface area contributed by atoms with Gasteiger partial charge in [-0.1, -0.05) is 24.3 Å². The van der Waals surface area contributed by atoms with Gasteiger partial charge in [0.05, 0.1) is 5.69 Å². The van der Waals surface area contributed by atoms with Crippen molar-refractivity contribution in [3.05, 3.63) is 83.7 Å². The van der Waals surface area contributed by atoms with Gasteiger partial charge < -0.3 is 23.9 Å². The molecule has 0 bridgehead atoms. The number of carbonyl (C=O) groups excluding carboxylic acids is 1. The van der Waals surface area contributed by atoms with Crippen molar-refractivity contribution in [3.8, 4) is 17.2 Å². The number of aromatic nitrogens is 1. The number of carboxylic acid groups (broad SMARTS) is 1. The van der Waals surface area contributed by atoms with Gasteiger partial charge in [0, 0.05) is 18.3 Å². The molecular weight excluding hydrogens is 398 g/mol. The van der Waals surface area contributed by atoms with E-state index in [-0.39, 0.29) is 12.6 Å². The van der Waals surface area contributed by atoms with E-state index in [0.29, 0.717) is 35.1 Å². The predicted molar refractivity (Wildman–Crippen MR) is 114 cm³/mol. The van der Waals surface area contributed by atoms with Crippen LogP contribution < -0.4 is 14.2 Å². The van der Waals surface area contributed by atoms with Crippen LogP contribution >= 0.6 is 0 Å². The minimum Gasteiger partial charge on any atom is -0.479 e. The van der Waals surface area contributed by atoms with Gasteiger partial charge in [-0.3, -0.25) is 4.79 Å². The number of aliphatic carboxylic acids is 1. The summed E-state index contributed by atoms with van der Waals surface area (Å²) in [5, 5.41) is 8.98. The molecule has 3 aromatic rings. The Morgan fingerprint density at radius 1 is 1.13 bits per heavy atom. The number of rotatable bonds is 8. The molecule has 0 spiro atoms. The summed E-state index contributed by atoms with van der Waals surface area (Å²) >= 11 is 0. The van der Waals surface area contributed by atoms with E-state index in [2.05, 4.69) is 0 Å². The predicted octanol–water partition coefficient (Wildman–Crippen LogP) is 4.01. The van der Waals surface area contributed by atoms with Crippen molar-refractivity contribution in [3.63, 3.8) is 0 Å². The molecule has 0 saturated carbocycles. The van der Waals surface area contributed by atoms with Crippen LogP contribution in [-0.4, -0.2) is 34.3 Å². The van der Waals surface area contributed by atoms with Crippen LogP contribution in [0.25, 0.3) is 6.08 Å². The number of nitrogens with zero attached hydrogens (tertiary/aromatic N) is 1. The van der Waals surface area contributed by atoms with Crippen molar-refractivity contribution in [1.29, 1.82) is 0 Å². The van der Waals surface area contributed by atoms with Gasteiger partial charge >= 0.3 is 5.97 Å². The summed E-state index contributed by atoms with van der Waals surface area (Å²) in [4.78, 5) is 23.9. The van der Waals surface area contributed by atoms with Crippen molar-refractivity contribution in [2.24, 2.45) is 0 Å². The first-order chi connectivity index (χ1) is 15.0. The van der Waals surface area contributed by atoms with E-state index in [1.807, 2.05) is 35.0 Å². The molecule has 0 fully saturated rings. The SMILES string of the molecule is CC(Oc1cccc(/C=C/Cn2cccc2C(=O)c2ccc3c(c2)OCO3)c1)C(=O)O. The van der Waals surface area contributed by atoms with Crippen LogP contribution in [0.15, 0.2) is 66.9 Å². The molecule has 1 aromatic heterocycles. The fourth-order valence-electron chi connectivity index (χ4n) is 3.21. The molecule has 0 radical (unpaired) electrons. The van der Waals surface area contributed by atoms with Gasteiger partial charge in [-0.05, 0) is 55.0 Å². The molecule has 4 rings (SSSR count). The maximum absolute atomic E-state index is 13.0. The Balaban J connectivity index is 1.45. The monoisotopic (exact) mass is 419 g/mol. The van der Waals surface area contributed by atoms with Crippen LogP contribution in [0.2, 0.25) is 0 Å². The number of benzene rings is 2. The third kappa shape index (κ3) is 4.61. The highest BCUT2D eigenvalue weighted by molar-refractivity contribution is 6.08. The Hall–Kier alpha value is -4.00. The molecule has 1 aliphatic heterocycles. The zero-order valence-electron chi connectivity index (χ0n) is 16.9. The third-order valence-corrected chi connectivity index (χ3v) is 4.83. The minimum absolute atomic E-state index is 0.102. The number of carbonyl (C=O) groups is 2. The number of carboxylic acids is 1. The highest BCUT2D eigenvalue weighted by Crippen LogP contribution is 2.33. The van der Waals surface area contributed by atoms with E-state index in [1.54, 1.807) is 42.5 Å². The summed E-state index contributed by atoms with van der Waals surface area (Å²) in [6.07, 6.45) is 4.74. The van der Waals surface area contributed by atoms with E-state index in [4.69, 9.17) is 19.3 Å². The van der Waals surface area contributed by atoms with Crippen LogP contribution in [0.4, 0.5) is 0 Å². The molecule has 31 heavy (non-hydrogen) atoms. The number of ketones is 1. The van der Waals surface area contributed by atoms with Crippen LogP contribution in [0.5, 0.6) is 17.2 Å². The zero-order valence-corrected chi connectivity index (χ0v) is 16.9. The van der Waals surface area contributed by atoms with Crippen molar-refractivity contribution in [2.45, 2.75) is 19.6 Å². The Kier molecular flexibility index (Phi) is 5.75. The normalized spacial score (nSPS) is 13.3. The lowest BCUT2D eigenvalue weighted by molar-refractivity contribution is -0.144. The Labute approximate surface area is 179 Å². The van der Waals surface area contributed by atoms with E-state index < -0.39 is 12.1 Å². The molecule has 0 saturated heterocycles. The second-order valence-corrected chi connectivity index (χ2v) is 7.02. The number of fused-ring (bicyclic) bond motifs is 1. The molecule has 7 nitrogen and oxygen atoms in total. The zero-order chi connectivity index (χ0) is 21.8. The fraction of sp³-hybridized carbons (Fsp3) is 0.167. The summed E-state index contributed by atoms with van der Waals surface area (Å²) in [7, 11) is 0. The quantitative estimate of drug-likeness (QED) is 0.555. The molecule has 0 amide bonds. The summed E-state index contributed by atoms with van der Waals surface area (Å²) in [6, 6.07) is 15.9. The summed E-state index contributed by atoms with van der Waals surface area (Å²) < 4.78 is 17.9. The molecule has 1 atom stereocenters. The van der Waals surface area contributed by atoms with E-state index >= 15 is 0 Å². The molecule has 2 heterocycles. The lowest BCUT2D eigenvalue weighted by atomic mass is 10.1. The molecule has 2 aromatic carbocycles. The van der Waals surface area contributed by atoms with Crippen LogP contribution in [0, 0.1) is 0 Å². The lowest BCUT2D eigenvalue weighted by Gasteiger charge is -2.10. The number of ether oxygens (including phenoxy) is 3. The average molecular weight is 419 g/mol. The van der Waals surface area contributed by atoms with Crippen molar-refractivity contribution in [1.82, 2.24) is 4.57 Å². The van der Waals surface area contributed by atoms with Crippen molar-refractivity contribution >= 4 is 17.8 Å². The number of hydrogen-bond donors (Lipinski definition) is 1. The molecular formula is C24H21NO6. The van der Waals surface area contributed by atoms with Crippen molar-refractivity contribution < 1.29 is 28.9 Å². The highest BCUT2D eigenvalue weighted by Gasteiger charge is 2.19. The molecule has 1 N–H and O–H groups in total. The first-order valence-electron chi connectivity index (χ1n) is 9.77. The maximum atomic E-state index is 13.0. The van der Waals surface area contributed by atoms with Crippen LogP contribution in [0.3, 0.4) is 0 Å². The molecule has 0 aliphatic carbocycles. The Morgan fingerprint density at radius 2 is 1.97 bits per heavy atom. The standard InChI is InChI=1S/C24H21NO6/c1-16(24(27)28)31-19-7-2-5-17(13-19)6-3-11-25-12-4-8-20(25)23(26)18-9-10-21-22(14-18)30-15-29-21/h2-10,12-14,16H,11,15H2,1H3,(H,27,28)/b6-3+. The maximum Gasteiger partial charge on any atom is 0.344 e. The summed E-state index contributed by atoms with van der Waals surface area (Å²) in [5.74, 6) is 0.571. The number of hydrogen-bond acceptors (Lipinski definition) is 5. The average Bonchev–Trinajstić information content (AvgIpc) is 3.42. The van der Waals surface area contributed by atoms with Gasteiger partial charge in [-0.15, -0.1) is 0 Å². The Morgan fingerprint density at radius 3 is 2.81 bits per heavy atom. The summed E-state index contributed by atoms with van der Waals surface area (Å²) in [5.41, 5.74) is 1.97. The largest absolute Gasteiger partial charge is 0.479 e. The van der Waals surface area contributed by atoms with Gasteiger partial charge in [0.1, 0.15) is 5.75 Å². The highest BCUT2D eigenvalue weighted by atomic mass is 16.7. The van der Waals surface area contributed by atoms with Gasteiger partial charge in [0.2, 0.25) is 12.6 Å². The first-order valence-corrected chi connectivity index (χ1v) is 9.77. The molecule has 7 heteroatoms. The molecule has 1 aliphatic rings. The van der Waals surface area contributed by atoms with E-state index in [0.717, 1.165) is 5.56 Å². The Bertz CT molecular complexity index is 1150. The van der Waals surface area contributed by atoms with Gasteiger partial charge in [-0.2, -0.15) is 0 Å². The van der Waals surface area contributed by atoms with Gasteiger partial charge in [0.25, 0.3) is 0 Å². The first kappa shape index (κ1) is 20.3. The molecule has 158 valence electrons. The topological polar surface area (TPSA) is 87.0 Å². The van der Waals surface area contributed by atoms with Gasteiger partial charge in [0.15, 0.2) is 17.6 Å². The van der Waals surface area contributed by atoms with E-state index in [9.17, 15) is 9.59 Å². The van der Waals surface area contributed by atoms with Crippen LogP contribution in [0.1, 0.15) is 28.5 Å². The second-order valence-electron chi connectivity index (χ2n) is 7.02. The number of allylic oxidation sites excluding steroid dienone is 1. The molecule has 1 unspecified atom stereocenters. The second kappa shape index (κ2) is 8.79.